The van der Waals surface area contributed by atoms with Gasteiger partial charge in [0.25, 0.3) is 0 Å². The molecule has 0 bridgehead atoms. The lowest BCUT2D eigenvalue weighted by Gasteiger charge is -2.20. The predicted octanol–water partition coefficient (Wildman–Crippen LogP) is 3.00. The van der Waals surface area contributed by atoms with Crippen molar-refractivity contribution >= 4 is 29.2 Å². The third kappa shape index (κ3) is 3.83. The van der Waals surface area contributed by atoms with E-state index in [1.165, 1.54) is 6.07 Å². The largest absolute Gasteiger partial charge is 0.495 e. The van der Waals surface area contributed by atoms with Crippen LogP contribution in [0.15, 0.2) is 36.4 Å². The minimum Gasteiger partial charge on any atom is -0.495 e. The number of aryl methyl sites for hydroxylation is 2. The van der Waals surface area contributed by atoms with Gasteiger partial charge in [0.1, 0.15) is 5.75 Å². The Morgan fingerprint density at radius 1 is 1.18 bits per heavy atom. The number of amides is 2. The Bertz CT molecular complexity index is 954. The summed E-state index contributed by atoms with van der Waals surface area (Å²) in [5.74, 6) is -1.34. The summed E-state index contributed by atoms with van der Waals surface area (Å²) in [4.78, 5) is 37.9. The minimum absolute atomic E-state index is 0.106. The summed E-state index contributed by atoms with van der Waals surface area (Å²) in [6.45, 7) is 3.86. The SMILES string of the molecule is COc1ccc(C)cc1N1CC(C(=O)Nc2ccc(C(=O)O)c(C)c2)CC1=O. The van der Waals surface area contributed by atoms with Crippen molar-refractivity contribution < 1.29 is 24.2 Å². The van der Waals surface area contributed by atoms with Crippen LogP contribution in [0.1, 0.15) is 27.9 Å². The Labute approximate surface area is 162 Å². The Hall–Kier alpha value is -3.35. The molecule has 1 unspecified atom stereocenters. The van der Waals surface area contributed by atoms with E-state index in [4.69, 9.17) is 9.84 Å². The number of nitrogens with zero attached hydrogens (tertiary/aromatic N) is 1. The number of hydrogen-bond acceptors (Lipinski definition) is 4. The van der Waals surface area contributed by atoms with Crippen molar-refractivity contribution in [3.05, 3.63) is 53.1 Å². The molecule has 2 N–H and O–H groups in total. The number of nitrogens with one attached hydrogen (secondary N) is 1. The molecule has 0 radical (unpaired) electrons. The van der Waals surface area contributed by atoms with Crippen LogP contribution in [-0.4, -0.2) is 36.5 Å². The Balaban J connectivity index is 1.75. The molecule has 1 saturated heterocycles. The molecule has 1 atom stereocenters. The first-order chi connectivity index (χ1) is 13.3. The fourth-order valence-electron chi connectivity index (χ4n) is 3.35. The molecule has 1 aliphatic heterocycles. The maximum atomic E-state index is 12.7. The van der Waals surface area contributed by atoms with Crippen LogP contribution in [0.3, 0.4) is 0 Å². The Morgan fingerprint density at radius 2 is 1.93 bits per heavy atom. The molecule has 1 aliphatic rings. The molecule has 0 saturated carbocycles. The van der Waals surface area contributed by atoms with Crippen molar-refractivity contribution in [1.29, 1.82) is 0 Å². The molecule has 2 aromatic rings. The second kappa shape index (κ2) is 7.72. The number of aromatic carboxylic acids is 1. The number of hydrogen-bond donors (Lipinski definition) is 2. The lowest BCUT2D eigenvalue weighted by Crippen LogP contribution is -2.28. The molecule has 2 amide bonds. The topological polar surface area (TPSA) is 95.9 Å². The van der Waals surface area contributed by atoms with E-state index in [0.29, 0.717) is 22.7 Å². The average molecular weight is 382 g/mol. The first-order valence-corrected chi connectivity index (χ1v) is 8.90. The first-order valence-electron chi connectivity index (χ1n) is 8.90. The number of anilines is 2. The number of rotatable bonds is 5. The maximum absolute atomic E-state index is 12.7. The zero-order chi connectivity index (χ0) is 20.4. The van der Waals surface area contributed by atoms with Crippen LogP contribution in [-0.2, 0) is 9.59 Å². The van der Waals surface area contributed by atoms with Crippen LogP contribution in [0, 0.1) is 19.8 Å². The van der Waals surface area contributed by atoms with Crippen molar-refractivity contribution in [3.63, 3.8) is 0 Å². The molecule has 3 rings (SSSR count). The standard InChI is InChI=1S/C21H22N2O5/c1-12-4-7-18(28-3)17(8-12)23-11-14(10-19(23)24)20(25)22-15-5-6-16(21(26)27)13(2)9-15/h4-9,14H,10-11H2,1-3H3,(H,22,25)(H,26,27). The quantitative estimate of drug-likeness (QED) is 0.829. The van der Waals surface area contributed by atoms with Crippen molar-refractivity contribution in [1.82, 2.24) is 0 Å². The minimum atomic E-state index is -1.01. The van der Waals surface area contributed by atoms with E-state index >= 15 is 0 Å². The molecular weight excluding hydrogens is 360 g/mol. The number of carbonyl (C=O) groups excluding carboxylic acids is 2. The van der Waals surface area contributed by atoms with Crippen molar-refractivity contribution in [3.8, 4) is 5.75 Å². The van der Waals surface area contributed by atoms with E-state index in [0.717, 1.165) is 5.56 Å². The molecular formula is C21H22N2O5. The van der Waals surface area contributed by atoms with Gasteiger partial charge in [-0.05, 0) is 55.3 Å². The number of carbonyl (C=O) groups is 3. The second-order valence-electron chi connectivity index (χ2n) is 6.90. The summed E-state index contributed by atoms with van der Waals surface area (Å²) in [7, 11) is 1.54. The van der Waals surface area contributed by atoms with Crippen LogP contribution in [0.4, 0.5) is 11.4 Å². The van der Waals surface area contributed by atoms with E-state index in [1.807, 2.05) is 19.1 Å². The highest BCUT2D eigenvalue weighted by Crippen LogP contribution is 2.34. The Morgan fingerprint density at radius 3 is 2.57 bits per heavy atom. The van der Waals surface area contributed by atoms with Crippen molar-refractivity contribution in [2.45, 2.75) is 20.3 Å². The highest BCUT2D eigenvalue weighted by atomic mass is 16.5. The van der Waals surface area contributed by atoms with Gasteiger partial charge in [0.15, 0.2) is 0 Å². The van der Waals surface area contributed by atoms with E-state index in [2.05, 4.69) is 5.32 Å². The average Bonchev–Trinajstić information content (AvgIpc) is 3.03. The molecule has 0 aliphatic carbocycles. The third-order valence-electron chi connectivity index (χ3n) is 4.85. The normalized spacial score (nSPS) is 16.2. The second-order valence-corrected chi connectivity index (χ2v) is 6.90. The number of benzene rings is 2. The number of carboxylic acid groups (broad SMARTS) is 1. The van der Waals surface area contributed by atoms with Crippen LogP contribution >= 0.6 is 0 Å². The number of carboxylic acids is 1. The summed E-state index contributed by atoms with van der Waals surface area (Å²) in [5.41, 5.74) is 2.90. The summed E-state index contributed by atoms with van der Waals surface area (Å²) in [5, 5.41) is 11.9. The van der Waals surface area contributed by atoms with Gasteiger partial charge in [0, 0.05) is 18.7 Å². The zero-order valence-corrected chi connectivity index (χ0v) is 16.0. The van der Waals surface area contributed by atoms with Crippen LogP contribution in [0.5, 0.6) is 5.75 Å². The first kappa shape index (κ1) is 19.4. The molecule has 1 heterocycles. The highest BCUT2D eigenvalue weighted by Gasteiger charge is 2.36. The maximum Gasteiger partial charge on any atom is 0.335 e. The zero-order valence-electron chi connectivity index (χ0n) is 16.0. The Kier molecular flexibility index (Phi) is 5.35. The summed E-state index contributed by atoms with van der Waals surface area (Å²) in [6, 6.07) is 10.2. The van der Waals surface area contributed by atoms with Gasteiger partial charge in [-0.15, -0.1) is 0 Å². The third-order valence-corrected chi connectivity index (χ3v) is 4.85. The van der Waals surface area contributed by atoms with E-state index in [9.17, 15) is 14.4 Å². The highest BCUT2D eigenvalue weighted by molar-refractivity contribution is 6.04. The molecule has 7 nitrogen and oxygen atoms in total. The lowest BCUT2D eigenvalue weighted by molar-refractivity contribution is -0.122. The molecule has 0 aromatic heterocycles. The molecule has 0 spiro atoms. The van der Waals surface area contributed by atoms with Crippen LogP contribution in [0.25, 0.3) is 0 Å². The van der Waals surface area contributed by atoms with Gasteiger partial charge >= 0.3 is 5.97 Å². The van der Waals surface area contributed by atoms with Gasteiger partial charge in [-0.25, -0.2) is 4.79 Å². The van der Waals surface area contributed by atoms with Gasteiger partial charge in [0.05, 0.1) is 24.3 Å². The van der Waals surface area contributed by atoms with Gasteiger partial charge in [-0.2, -0.15) is 0 Å². The predicted molar refractivity (Wildman–Crippen MR) is 105 cm³/mol. The van der Waals surface area contributed by atoms with Crippen LogP contribution in [0.2, 0.25) is 0 Å². The molecule has 7 heteroatoms. The van der Waals surface area contributed by atoms with Crippen LogP contribution < -0.4 is 15.0 Å². The van der Waals surface area contributed by atoms with Crippen molar-refractivity contribution in [2.75, 3.05) is 23.9 Å². The van der Waals surface area contributed by atoms with E-state index < -0.39 is 11.9 Å². The van der Waals surface area contributed by atoms with E-state index in [-0.39, 0.29) is 30.3 Å². The van der Waals surface area contributed by atoms with Gasteiger partial charge in [0.2, 0.25) is 11.8 Å². The fraction of sp³-hybridized carbons (Fsp3) is 0.286. The molecule has 1 fully saturated rings. The summed E-state index contributed by atoms with van der Waals surface area (Å²) < 4.78 is 5.35. The van der Waals surface area contributed by atoms with Gasteiger partial charge in [-0.1, -0.05) is 6.07 Å². The van der Waals surface area contributed by atoms with Crippen molar-refractivity contribution in [2.24, 2.45) is 5.92 Å². The molecule has 2 aromatic carbocycles. The number of ether oxygens (including phenoxy) is 1. The lowest BCUT2D eigenvalue weighted by atomic mass is 10.1. The molecule has 28 heavy (non-hydrogen) atoms. The van der Waals surface area contributed by atoms with E-state index in [1.54, 1.807) is 37.1 Å². The number of methoxy groups -OCH3 is 1. The summed E-state index contributed by atoms with van der Waals surface area (Å²) >= 11 is 0. The summed E-state index contributed by atoms with van der Waals surface area (Å²) in [6.07, 6.45) is 0.106. The molecule has 146 valence electrons. The monoisotopic (exact) mass is 382 g/mol. The van der Waals surface area contributed by atoms with Gasteiger partial charge in [-0.3, -0.25) is 9.59 Å². The smallest absolute Gasteiger partial charge is 0.335 e. The fourth-order valence-corrected chi connectivity index (χ4v) is 3.35. The van der Waals surface area contributed by atoms with Gasteiger partial charge < -0.3 is 20.1 Å².